The summed E-state index contributed by atoms with van der Waals surface area (Å²) in [5, 5.41) is 11.2. The second-order valence-corrected chi connectivity index (χ2v) is 4.52. The molecule has 0 unspecified atom stereocenters. The van der Waals surface area contributed by atoms with Crippen molar-refractivity contribution >= 4 is 11.7 Å². The number of nitro benzene ring substituents is 1. The van der Waals surface area contributed by atoms with E-state index in [0.717, 1.165) is 31.4 Å². The largest absolute Gasteiger partial charge is 0.465 e. The first-order valence-corrected chi connectivity index (χ1v) is 6.29. The summed E-state index contributed by atoms with van der Waals surface area (Å²) < 4.78 is 43.7. The molecule has 0 saturated carbocycles. The summed E-state index contributed by atoms with van der Waals surface area (Å²) in [4.78, 5) is 21.8. The number of hydrogen-bond acceptors (Lipinski definition) is 4. The van der Waals surface area contributed by atoms with Gasteiger partial charge >= 0.3 is 12.1 Å². The number of halogens is 3. The van der Waals surface area contributed by atoms with Gasteiger partial charge in [-0.1, -0.05) is 18.2 Å². The number of esters is 1. The molecule has 8 heteroatoms. The second-order valence-electron chi connectivity index (χ2n) is 4.52. The third-order valence-electron chi connectivity index (χ3n) is 3.14. The van der Waals surface area contributed by atoms with Crippen LogP contribution in [-0.2, 0) is 10.9 Å². The maximum absolute atomic E-state index is 13.1. The molecule has 0 saturated heterocycles. The van der Waals surface area contributed by atoms with Gasteiger partial charge in [0.2, 0.25) is 0 Å². The van der Waals surface area contributed by atoms with Crippen molar-refractivity contribution in [1.29, 1.82) is 0 Å². The van der Waals surface area contributed by atoms with E-state index in [9.17, 15) is 28.1 Å². The monoisotopic (exact) mass is 325 g/mol. The van der Waals surface area contributed by atoms with E-state index in [0.29, 0.717) is 0 Å². The van der Waals surface area contributed by atoms with Crippen LogP contribution >= 0.6 is 0 Å². The molecule has 0 heterocycles. The average Bonchev–Trinajstić information content (AvgIpc) is 2.52. The maximum atomic E-state index is 13.1. The van der Waals surface area contributed by atoms with Crippen molar-refractivity contribution in [2.75, 3.05) is 7.11 Å². The second kappa shape index (κ2) is 6.07. The molecule has 0 atom stereocenters. The van der Waals surface area contributed by atoms with Gasteiger partial charge in [-0.25, -0.2) is 4.79 Å². The van der Waals surface area contributed by atoms with Crippen LogP contribution < -0.4 is 0 Å². The summed E-state index contributed by atoms with van der Waals surface area (Å²) >= 11 is 0. The lowest BCUT2D eigenvalue weighted by Crippen LogP contribution is -2.08. The fourth-order valence-electron chi connectivity index (χ4n) is 2.12. The van der Waals surface area contributed by atoms with E-state index in [4.69, 9.17) is 0 Å². The molecule has 5 nitrogen and oxygen atoms in total. The van der Waals surface area contributed by atoms with Crippen molar-refractivity contribution in [1.82, 2.24) is 0 Å². The summed E-state index contributed by atoms with van der Waals surface area (Å²) in [7, 11) is 1.10. The van der Waals surface area contributed by atoms with E-state index in [1.807, 2.05) is 0 Å². The van der Waals surface area contributed by atoms with Crippen molar-refractivity contribution in [3.8, 4) is 11.1 Å². The Kier molecular flexibility index (Phi) is 4.35. The Morgan fingerprint density at radius 3 is 2.35 bits per heavy atom. The van der Waals surface area contributed by atoms with E-state index < -0.39 is 28.3 Å². The molecule has 0 fully saturated rings. The summed E-state index contributed by atoms with van der Waals surface area (Å²) in [5.41, 5.74) is -2.27. The SMILES string of the molecule is COC(=O)c1ccc(-c2ccccc2C(F)(F)F)c([N+](=O)[O-])c1. The maximum Gasteiger partial charge on any atom is 0.417 e. The highest BCUT2D eigenvalue weighted by Gasteiger charge is 2.35. The first-order valence-electron chi connectivity index (χ1n) is 6.29. The predicted octanol–water partition coefficient (Wildman–Crippen LogP) is 4.07. The quantitative estimate of drug-likeness (QED) is 0.484. The number of carbonyl (C=O) groups excluding carboxylic acids is 1. The van der Waals surface area contributed by atoms with Gasteiger partial charge in [-0.2, -0.15) is 13.2 Å². The Morgan fingerprint density at radius 1 is 1.13 bits per heavy atom. The van der Waals surface area contributed by atoms with E-state index in [2.05, 4.69) is 4.74 Å². The standard InChI is InChI=1S/C15H10F3NO4/c1-23-14(20)9-6-7-11(13(8-9)19(21)22)10-4-2-3-5-12(10)15(16,17)18/h2-8H,1H3. The number of carbonyl (C=O) groups is 1. The van der Waals surface area contributed by atoms with Gasteiger partial charge < -0.3 is 4.74 Å². The Hall–Kier alpha value is -2.90. The first kappa shape index (κ1) is 16.5. The third kappa shape index (κ3) is 3.31. The lowest BCUT2D eigenvalue weighted by Gasteiger charge is -2.13. The van der Waals surface area contributed by atoms with Crippen LogP contribution in [0.5, 0.6) is 0 Å². The summed E-state index contributed by atoms with van der Waals surface area (Å²) in [6, 6.07) is 7.71. The van der Waals surface area contributed by atoms with Crippen molar-refractivity contribution in [2.45, 2.75) is 6.18 Å². The fraction of sp³-hybridized carbons (Fsp3) is 0.133. The zero-order chi connectivity index (χ0) is 17.2. The number of ether oxygens (including phenoxy) is 1. The van der Waals surface area contributed by atoms with Gasteiger partial charge in [-0.15, -0.1) is 0 Å². The Bertz CT molecular complexity index is 772. The molecule has 2 rings (SSSR count). The molecule has 0 spiro atoms. The predicted molar refractivity (Wildman–Crippen MR) is 74.9 cm³/mol. The van der Waals surface area contributed by atoms with Crippen LogP contribution in [-0.4, -0.2) is 18.0 Å². The minimum atomic E-state index is -4.66. The van der Waals surface area contributed by atoms with Gasteiger partial charge in [0.05, 0.1) is 28.7 Å². The molecule has 120 valence electrons. The zero-order valence-electron chi connectivity index (χ0n) is 11.8. The molecule has 0 aliphatic rings. The average molecular weight is 325 g/mol. The fourth-order valence-corrected chi connectivity index (χ4v) is 2.12. The molecule has 23 heavy (non-hydrogen) atoms. The van der Waals surface area contributed by atoms with Crippen molar-refractivity contribution < 1.29 is 27.6 Å². The van der Waals surface area contributed by atoms with Gasteiger partial charge in [0, 0.05) is 11.6 Å². The smallest absolute Gasteiger partial charge is 0.417 e. The molecule has 0 amide bonds. The number of alkyl halides is 3. The van der Waals surface area contributed by atoms with Crippen molar-refractivity contribution in [2.24, 2.45) is 0 Å². The van der Waals surface area contributed by atoms with Crippen LogP contribution in [0.2, 0.25) is 0 Å². The number of methoxy groups -OCH3 is 1. The third-order valence-corrected chi connectivity index (χ3v) is 3.14. The number of nitro groups is 1. The number of rotatable bonds is 3. The molecular weight excluding hydrogens is 315 g/mol. The van der Waals surface area contributed by atoms with E-state index in [1.54, 1.807) is 0 Å². The Morgan fingerprint density at radius 2 is 1.78 bits per heavy atom. The molecule has 0 aliphatic heterocycles. The van der Waals surface area contributed by atoms with Crippen molar-refractivity contribution in [3.63, 3.8) is 0 Å². The normalized spacial score (nSPS) is 11.1. The first-order chi connectivity index (χ1) is 10.8. The molecule has 0 radical (unpaired) electrons. The molecule has 2 aromatic carbocycles. The van der Waals surface area contributed by atoms with Crippen LogP contribution in [0.25, 0.3) is 11.1 Å². The van der Waals surface area contributed by atoms with E-state index in [1.165, 1.54) is 18.2 Å². The van der Waals surface area contributed by atoms with E-state index in [-0.39, 0.29) is 16.7 Å². The van der Waals surface area contributed by atoms with Crippen LogP contribution in [0.3, 0.4) is 0 Å². The van der Waals surface area contributed by atoms with E-state index >= 15 is 0 Å². The van der Waals surface area contributed by atoms with Gasteiger partial charge in [0.15, 0.2) is 0 Å². The van der Waals surface area contributed by atoms with Gasteiger partial charge in [0.1, 0.15) is 0 Å². The van der Waals surface area contributed by atoms with Crippen LogP contribution in [0, 0.1) is 10.1 Å². The zero-order valence-corrected chi connectivity index (χ0v) is 11.8. The molecular formula is C15H10F3NO4. The van der Waals surface area contributed by atoms with Gasteiger partial charge in [-0.05, 0) is 18.2 Å². The Balaban J connectivity index is 2.70. The highest BCUT2D eigenvalue weighted by molar-refractivity contribution is 5.92. The lowest BCUT2D eigenvalue weighted by molar-refractivity contribution is -0.384. The number of benzene rings is 2. The molecule has 0 N–H and O–H groups in total. The molecule has 0 aliphatic carbocycles. The summed E-state index contributed by atoms with van der Waals surface area (Å²) in [6.07, 6.45) is -4.66. The van der Waals surface area contributed by atoms with Crippen molar-refractivity contribution in [3.05, 3.63) is 63.7 Å². The van der Waals surface area contributed by atoms with Crippen LogP contribution in [0.4, 0.5) is 18.9 Å². The van der Waals surface area contributed by atoms with Gasteiger partial charge in [-0.3, -0.25) is 10.1 Å². The summed E-state index contributed by atoms with van der Waals surface area (Å²) in [5.74, 6) is -0.816. The van der Waals surface area contributed by atoms with Crippen LogP contribution in [0.1, 0.15) is 15.9 Å². The molecule has 0 aromatic heterocycles. The molecule has 0 bridgehead atoms. The minimum Gasteiger partial charge on any atom is -0.465 e. The molecule has 2 aromatic rings. The minimum absolute atomic E-state index is 0.118. The Labute approximate surface area is 128 Å². The number of hydrogen-bond donors (Lipinski definition) is 0. The highest BCUT2D eigenvalue weighted by atomic mass is 19.4. The lowest BCUT2D eigenvalue weighted by atomic mass is 9.96. The number of nitrogens with zero attached hydrogens (tertiary/aromatic N) is 1. The van der Waals surface area contributed by atoms with Gasteiger partial charge in [0.25, 0.3) is 5.69 Å². The highest BCUT2D eigenvalue weighted by Crippen LogP contribution is 2.40. The topological polar surface area (TPSA) is 69.4 Å². The summed E-state index contributed by atoms with van der Waals surface area (Å²) in [6.45, 7) is 0. The van der Waals surface area contributed by atoms with Crippen LogP contribution in [0.15, 0.2) is 42.5 Å².